The molecule has 1 saturated carbocycles. The molecule has 1 fully saturated rings. The Kier molecular flexibility index (Phi) is 6.11. The van der Waals surface area contributed by atoms with E-state index in [4.69, 9.17) is 0 Å². The molecule has 1 aliphatic rings. The fourth-order valence-electron chi connectivity index (χ4n) is 3.20. The van der Waals surface area contributed by atoms with Gasteiger partial charge in [-0.15, -0.1) is 11.3 Å². The third-order valence-electron chi connectivity index (χ3n) is 4.49. The van der Waals surface area contributed by atoms with Gasteiger partial charge in [0.2, 0.25) is 5.91 Å². The molecule has 6 nitrogen and oxygen atoms in total. The van der Waals surface area contributed by atoms with E-state index in [0.29, 0.717) is 23.0 Å². The summed E-state index contributed by atoms with van der Waals surface area (Å²) in [5.74, 6) is 0.491. The molecule has 3 rings (SSSR count). The van der Waals surface area contributed by atoms with Crippen LogP contribution in [0.4, 0.5) is 5.82 Å². The van der Waals surface area contributed by atoms with Crippen LogP contribution in [-0.2, 0) is 4.79 Å². The minimum absolute atomic E-state index is 0.220. The van der Waals surface area contributed by atoms with Crippen molar-refractivity contribution in [1.82, 2.24) is 15.3 Å². The molecule has 132 valence electrons. The maximum atomic E-state index is 12.7. The molecule has 25 heavy (non-hydrogen) atoms. The minimum atomic E-state index is -0.570. The van der Waals surface area contributed by atoms with Crippen molar-refractivity contribution in [2.75, 3.05) is 5.32 Å². The van der Waals surface area contributed by atoms with Gasteiger partial charge in [0.05, 0.1) is 11.7 Å². The summed E-state index contributed by atoms with van der Waals surface area (Å²) < 4.78 is 0. The first-order valence-electron chi connectivity index (χ1n) is 8.63. The van der Waals surface area contributed by atoms with Crippen molar-refractivity contribution >= 4 is 29.0 Å². The zero-order valence-electron chi connectivity index (χ0n) is 14.0. The second kappa shape index (κ2) is 8.71. The average molecular weight is 358 g/mol. The quantitative estimate of drug-likeness (QED) is 0.830. The molecule has 2 aromatic rings. The molecular formula is C18H22N4O2S. The van der Waals surface area contributed by atoms with Crippen molar-refractivity contribution in [3.05, 3.63) is 41.0 Å². The van der Waals surface area contributed by atoms with Gasteiger partial charge < -0.3 is 10.6 Å². The summed E-state index contributed by atoms with van der Waals surface area (Å²) in [5, 5.41) is 5.68. The highest BCUT2D eigenvalue weighted by atomic mass is 32.1. The van der Waals surface area contributed by atoms with Crippen molar-refractivity contribution in [2.24, 2.45) is 5.92 Å². The van der Waals surface area contributed by atoms with E-state index in [9.17, 15) is 9.59 Å². The smallest absolute Gasteiger partial charge is 0.263 e. The minimum Gasteiger partial charge on any atom is -0.339 e. The molecule has 1 atom stereocenters. The molecule has 1 aliphatic carbocycles. The number of rotatable bonds is 6. The second-order valence-electron chi connectivity index (χ2n) is 6.34. The van der Waals surface area contributed by atoms with Crippen LogP contribution in [0.25, 0.3) is 0 Å². The largest absolute Gasteiger partial charge is 0.339 e. The molecule has 2 N–H and O–H groups in total. The number of anilines is 1. The Hall–Kier alpha value is -2.28. The van der Waals surface area contributed by atoms with Gasteiger partial charge in [-0.1, -0.05) is 38.2 Å². The van der Waals surface area contributed by atoms with Crippen molar-refractivity contribution < 1.29 is 9.59 Å². The third kappa shape index (κ3) is 5.09. The normalized spacial score (nSPS) is 16.2. The summed E-state index contributed by atoms with van der Waals surface area (Å²) in [5.41, 5.74) is 1.61. The van der Waals surface area contributed by atoms with Gasteiger partial charge in [-0.05, 0) is 24.5 Å². The van der Waals surface area contributed by atoms with E-state index in [1.807, 2.05) is 6.07 Å². The van der Waals surface area contributed by atoms with Gasteiger partial charge in [-0.3, -0.25) is 14.6 Å². The number of aromatic nitrogens is 2. The lowest BCUT2D eigenvalue weighted by Gasteiger charge is -2.26. The van der Waals surface area contributed by atoms with E-state index in [1.165, 1.54) is 36.8 Å². The number of carbonyl (C=O) groups is 2. The maximum Gasteiger partial charge on any atom is 0.263 e. The van der Waals surface area contributed by atoms with Gasteiger partial charge in [0, 0.05) is 6.20 Å². The van der Waals surface area contributed by atoms with Crippen LogP contribution >= 0.6 is 11.3 Å². The Labute approximate surface area is 151 Å². The predicted octanol–water partition coefficient (Wildman–Crippen LogP) is 3.25. The van der Waals surface area contributed by atoms with Crippen molar-refractivity contribution in [3.8, 4) is 0 Å². The van der Waals surface area contributed by atoms with E-state index in [1.54, 1.807) is 23.8 Å². The Balaban J connectivity index is 1.68. The number of nitrogens with zero attached hydrogens (tertiary/aromatic N) is 2. The number of amides is 2. The molecule has 0 radical (unpaired) electrons. The Morgan fingerprint density at radius 2 is 2.08 bits per heavy atom. The van der Waals surface area contributed by atoms with Crippen molar-refractivity contribution in [3.63, 3.8) is 0 Å². The summed E-state index contributed by atoms with van der Waals surface area (Å²) in [6, 6.07) is 4.77. The van der Waals surface area contributed by atoms with Crippen LogP contribution in [0.5, 0.6) is 0 Å². The standard InChI is InChI=1S/C18H22N4O2S/c23-17(22-16-8-4-5-9-20-16)14(10-13-6-2-1-3-7-13)21-18(24)15-11-19-12-25-15/h4-5,8-9,11-14H,1-3,6-7,10H2,(H,21,24)(H,20,22,23)/t14-/m0/s1. The van der Waals surface area contributed by atoms with Crippen LogP contribution in [0.15, 0.2) is 36.1 Å². The monoisotopic (exact) mass is 358 g/mol. The maximum absolute atomic E-state index is 12.7. The zero-order valence-corrected chi connectivity index (χ0v) is 14.8. The van der Waals surface area contributed by atoms with Crippen molar-refractivity contribution in [2.45, 2.75) is 44.6 Å². The highest BCUT2D eigenvalue weighted by Gasteiger charge is 2.27. The second-order valence-corrected chi connectivity index (χ2v) is 7.22. The summed E-state index contributed by atoms with van der Waals surface area (Å²) in [6.07, 6.45) is 9.69. The SMILES string of the molecule is O=C(N[C@@H](CC1CCCCC1)C(=O)Nc1ccccn1)c1cncs1. The average Bonchev–Trinajstić information content (AvgIpc) is 3.18. The molecule has 0 bridgehead atoms. The molecular weight excluding hydrogens is 336 g/mol. The Morgan fingerprint density at radius 3 is 2.76 bits per heavy atom. The lowest BCUT2D eigenvalue weighted by molar-refractivity contribution is -0.118. The zero-order chi connectivity index (χ0) is 17.5. The van der Waals surface area contributed by atoms with Gasteiger partial charge in [0.1, 0.15) is 16.7 Å². The van der Waals surface area contributed by atoms with Gasteiger partial charge in [-0.25, -0.2) is 4.98 Å². The number of thiazole rings is 1. The molecule has 7 heteroatoms. The first-order valence-corrected chi connectivity index (χ1v) is 9.51. The van der Waals surface area contributed by atoms with Crippen molar-refractivity contribution in [1.29, 1.82) is 0 Å². The van der Waals surface area contributed by atoms with E-state index in [2.05, 4.69) is 20.6 Å². The van der Waals surface area contributed by atoms with Crippen LogP contribution in [0, 0.1) is 5.92 Å². The summed E-state index contributed by atoms with van der Waals surface area (Å²) in [7, 11) is 0. The summed E-state index contributed by atoms with van der Waals surface area (Å²) in [6.45, 7) is 0. The molecule has 0 aliphatic heterocycles. The number of hydrogen-bond acceptors (Lipinski definition) is 5. The molecule has 2 heterocycles. The van der Waals surface area contributed by atoms with E-state index in [-0.39, 0.29) is 11.8 Å². The molecule has 0 spiro atoms. The first kappa shape index (κ1) is 17.5. The Bertz CT molecular complexity index is 684. The highest BCUT2D eigenvalue weighted by Crippen LogP contribution is 2.27. The van der Waals surface area contributed by atoms with Crippen LogP contribution in [0.2, 0.25) is 0 Å². The first-order chi connectivity index (χ1) is 12.2. The van der Waals surface area contributed by atoms with Crippen LogP contribution in [-0.4, -0.2) is 27.8 Å². The Morgan fingerprint density at radius 1 is 1.24 bits per heavy atom. The number of pyridine rings is 1. The summed E-state index contributed by atoms with van der Waals surface area (Å²) in [4.78, 5) is 33.7. The fourth-order valence-corrected chi connectivity index (χ4v) is 3.72. The molecule has 2 aromatic heterocycles. The molecule has 2 amide bonds. The lowest BCUT2D eigenvalue weighted by atomic mass is 9.84. The fraction of sp³-hybridized carbons (Fsp3) is 0.444. The molecule has 0 saturated heterocycles. The molecule has 0 aromatic carbocycles. The summed E-state index contributed by atoms with van der Waals surface area (Å²) >= 11 is 1.27. The lowest BCUT2D eigenvalue weighted by Crippen LogP contribution is -2.45. The molecule has 0 unspecified atom stereocenters. The predicted molar refractivity (Wildman–Crippen MR) is 97.4 cm³/mol. The number of hydrogen-bond donors (Lipinski definition) is 2. The van der Waals surface area contributed by atoms with Gasteiger partial charge in [0.25, 0.3) is 5.91 Å². The number of carbonyl (C=O) groups excluding carboxylic acids is 2. The number of nitrogens with one attached hydrogen (secondary N) is 2. The van der Waals surface area contributed by atoms with Gasteiger partial charge in [0.15, 0.2) is 0 Å². The van der Waals surface area contributed by atoms with Crippen LogP contribution in [0.1, 0.15) is 48.2 Å². The van der Waals surface area contributed by atoms with Crippen LogP contribution < -0.4 is 10.6 Å². The van der Waals surface area contributed by atoms with E-state index in [0.717, 1.165) is 12.8 Å². The third-order valence-corrected chi connectivity index (χ3v) is 5.26. The topological polar surface area (TPSA) is 84.0 Å². The highest BCUT2D eigenvalue weighted by molar-refractivity contribution is 7.11. The van der Waals surface area contributed by atoms with Gasteiger partial charge >= 0.3 is 0 Å². The van der Waals surface area contributed by atoms with E-state index < -0.39 is 6.04 Å². The van der Waals surface area contributed by atoms with Gasteiger partial charge in [-0.2, -0.15) is 0 Å². The van der Waals surface area contributed by atoms with Crippen LogP contribution in [0.3, 0.4) is 0 Å². The van der Waals surface area contributed by atoms with E-state index >= 15 is 0 Å².